The molecule has 4 rings (SSSR count). The number of pyridine rings is 1. The molecule has 2 aromatic rings. The lowest BCUT2D eigenvalue weighted by atomic mass is 9.79. The number of nitrogens with two attached hydrogens (primary N) is 1. The molecular formula is C22H24FN3O2. The molecule has 3 N–H and O–H groups in total. The number of nitrogens with one attached hydrogen (secondary N) is 1. The van der Waals surface area contributed by atoms with E-state index in [2.05, 4.69) is 5.32 Å². The molecule has 1 atom stereocenters. The van der Waals surface area contributed by atoms with Gasteiger partial charge in [0, 0.05) is 28.6 Å². The molecule has 1 aromatic heterocycles. The minimum atomic E-state index is -0.448. The minimum Gasteiger partial charge on any atom is -0.463 e. The van der Waals surface area contributed by atoms with Crippen LogP contribution in [0.15, 0.2) is 35.5 Å². The van der Waals surface area contributed by atoms with Crippen molar-refractivity contribution in [3.63, 3.8) is 0 Å². The van der Waals surface area contributed by atoms with Crippen molar-refractivity contribution >= 4 is 17.5 Å². The number of carbonyl (C=O) groups is 1. The zero-order valence-corrected chi connectivity index (χ0v) is 16.1. The van der Waals surface area contributed by atoms with Gasteiger partial charge in [0.1, 0.15) is 11.6 Å². The fourth-order valence-corrected chi connectivity index (χ4v) is 4.25. The molecule has 1 aliphatic carbocycles. The number of nitrogen functional groups attached to an aromatic ring is 1. The van der Waals surface area contributed by atoms with Crippen molar-refractivity contribution in [2.45, 2.75) is 45.4 Å². The number of ether oxygens (including phenoxy) is 1. The summed E-state index contributed by atoms with van der Waals surface area (Å²) in [6.07, 6.45) is 3.96. The van der Waals surface area contributed by atoms with Crippen molar-refractivity contribution in [1.29, 1.82) is 0 Å². The number of rotatable bonds is 3. The lowest BCUT2D eigenvalue weighted by Crippen LogP contribution is -2.27. The van der Waals surface area contributed by atoms with E-state index in [1.165, 1.54) is 12.1 Å². The summed E-state index contributed by atoms with van der Waals surface area (Å²) in [5, 5.41) is 3.26. The van der Waals surface area contributed by atoms with Gasteiger partial charge in [-0.2, -0.15) is 0 Å². The third-order valence-electron chi connectivity index (χ3n) is 5.54. The SMILES string of the molecule is CCOC(=O)C1=C(C)Nc2nc3c(c(N)c2[C@@H]1c1ccc(F)cc1)CCCC3. The van der Waals surface area contributed by atoms with Gasteiger partial charge in [-0.05, 0) is 62.8 Å². The van der Waals surface area contributed by atoms with E-state index in [-0.39, 0.29) is 12.4 Å². The molecule has 0 saturated heterocycles. The van der Waals surface area contributed by atoms with Crippen molar-refractivity contribution < 1.29 is 13.9 Å². The molecule has 146 valence electrons. The zero-order valence-electron chi connectivity index (χ0n) is 16.1. The second-order valence-corrected chi connectivity index (χ2v) is 7.29. The third-order valence-corrected chi connectivity index (χ3v) is 5.54. The van der Waals surface area contributed by atoms with Crippen LogP contribution in [-0.2, 0) is 22.4 Å². The number of benzene rings is 1. The summed E-state index contributed by atoms with van der Waals surface area (Å²) in [5.41, 5.74) is 12.2. The Morgan fingerprint density at radius 1 is 1.29 bits per heavy atom. The van der Waals surface area contributed by atoms with Crippen LogP contribution in [0, 0.1) is 5.82 Å². The van der Waals surface area contributed by atoms with E-state index in [0.717, 1.165) is 48.1 Å². The lowest BCUT2D eigenvalue weighted by Gasteiger charge is -2.32. The van der Waals surface area contributed by atoms with Crippen LogP contribution in [-0.4, -0.2) is 17.6 Å². The number of allylic oxidation sites excluding steroid dienone is 1. The van der Waals surface area contributed by atoms with Gasteiger partial charge >= 0.3 is 5.97 Å². The number of hydrogen-bond acceptors (Lipinski definition) is 5. The van der Waals surface area contributed by atoms with Crippen LogP contribution in [0.5, 0.6) is 0 Å². The largest absolute Gasteiger partial charge is 0.463 e. The van der Waals surface area contributed by atoms with Crippen LogP contribution in [0.1, 0.15) is 55.0 Å². The molecule has 0 bridgehead atoms. The number of aryl methyl sites for hydroxylation is 1. The Morgan fingerprint density at radius 2 is 2.00 bits per heavy atom. The topological polar surface area (TPSA) is 77.2 Å². The van der Waals surface area contributed by atoms with Gasteiger partial charge in [-0.25, -0.2) is 14.2 Å². The Morgan fingerprint density at radius 3 is 2.71 bits per heavy atom. The predicted octanol–water partition coefficient (Wildman–Crippen LogP) is 4.08. The second kappa shape index (κ2) is 7.26. The Balaban J connectivity index is 1.95. The Labute approximate surface area is 163 Å². The van der Waals surface area contributed by atoms with Gasteiger partial charge in [-0.3, -0.25) is 0 Å². The average molecular weight is 381 g/mol. The molecule has 1 aromatic carbocycles. The fraction of sp³-hybridized carbons (Fsp3) is 0.364. The molecule has 5 nitrogen and oxygen atoms in total. The molecule has 6 heteroatoms. The molecular weight excluding hydrogens is 357 g/mol. The normalized spacial score (nSPS) is 18.2. The summed E-state index contributed by atoms with van der Waals surface area (Å²) >= 11 is 0. The molecule has 0 radical (unpaired) electrons. The van der Waals surface area contributed by atoms with Gasteiger partial charge in [-0.1, -0.05) is 12.1 Å². The lowest BCUT2D eigenvalue weighted by molar-refractivity contribution is -0.138. The van der Waals surface area contributed by atoms with E-state index in [9.17, 15) is 9.18 Å². The van der Waals surface area contributed by atoms with E-state index in [4.69, 9.17) is 15.5 Å². The quantitative estimate of drug-likeness (QED) is 0.784. The summed E-state index contributed by atoms with van der Waals surface area (Å²) in [6, 6.07) is 6.19. The first-order valence-corrected chi connectivity index (χ1v) is 9.72. The number of anilines is 2. The molecule has 28 heavy (non-hydrogen) atoms. The highest BCUT2D eigenvalue weighted by Crippen LogP contribution is 2.46. The first-order chi connectivity index (χ1) is 13.5. The van der Waals surface area contributed by atoms with E-state index in [0.29, 0.717) is 22.8 Å². The van der Waals surface area contributed by atoms with Gasteiger partial charge in [0.05, 0.1) is 12.2 Å². The minimum absolute atomic E-state index is 0.274. The van der Waals surface area contributed by atoms with Crippen molar-refractivity contribution in [3.05, 3.63) is 63.7 Å². The van der Waals surface area contributed by atoms with Crippen LogP contribution < -0.4 is 11.1 Å². The van der Waals surface area contributed by atoms with E-state index in [1.807, 2.05) is 6.92 Å². The molecule has 0 fully saturated rings. The Bertz CT molecular complexity index is 967. The van der Waals surface area contributed by atoms with Crippen LogP contribution in [0.3, 0.4) is 0 Å². The third kappa shape index (κ3) is 3.03. The van der Waals surface area contributed by atoms with Crippen molar-refractivity contribution in [1.82, 2.24) is 4.98 Å². The maximum atomic E-state index is 13.6. The summed E-state index contributed by atoms with van der Waals surface area (Å²) in [4.78, 5) is 17.7. The first-order valence-electron chi connectivity index (χ1n) is 9.72. The standard InChI is InChI=1S/C22H24FN3O2/c1-3-28-22(27)17-12(2)25-21-19(18(17)13-8-10-14(23)11-9-13)20(24)15-6-4-5-7-16(15)26-21/h8-11,18H,3-7H2,1-2H3,(H3,24,25,26)/t18-/m1/s1. The summed E-state index contributed by atoms with van der Waals surface area (Å²) < 4.78 is 18.9. The highest BCUT2D eigenvalue weighted by Gasteiger charge is 2.37. The van der Waals surface area contributed by atoms with Crippen molar-refractivity contribution in [2.24, 2.45) is 0 Å². The zero-order chi connectivity index (χ0) is 19.8. The van der Waals surface area contributed by atoms with E-state index < -0.39 is 11.9 Å². The number of halogens is 1. The van der Waals surface area contributed by atoms with Gasteiger partial charge in [0.25, 0.3) is 0 Å². The van der Waals surface area contributed by atoms with Gasteiger partial charge in [0.15, 0.2) is 0 Å². The van der Waals surface area contributed by atoms with Gasteiger partial charge in [0.2, 0.25) is 0 Å². The number of aromatic nitrogens is 1. The van der Waals surface area contributed by atoms with Gasteiger partial charge < -0.3 is 15.8 Å². The number of hydrogen-bond donors (Lipinski definition) is 2. The maximum Gasteiger partial charge on any atom is 0.336 e. The summed E-state index contributed by atoms with van der Waals surface area (Å²) in [6.45, 7) is 3.89. The van der Waals surface area contributed by atoms with Crippen LogP contribution >= 0.6 is 0 Å². The smallest absolute Gasteiger partial charge is 0.336 e. The predicted molar refractivity (Wildman–Crippen MR) is 106 cm³/mol. The molecule has 2 heterocycles. The first kappa shape index (κ1) is 18.5. The average Bonchev–Trinajstić information content (AvgIpc) is 2.68. The second-order valence-electron chi connectivity index (χ2n) is 7.29. The van der Waals surface area contributed by atoms with Crippen molar-refractivity contribution in [2.75, 3.05) is 17.7 Å². The number of fused-ring (bicyclic) bond motifs is 2. The highest BCUT2D eigenvalue weighted by atomic mass is 19.1. The van der Waals surface area contributed by atoms with Crippen LogP contribution in [0.2, 0.25) is 0 Å². The van der Waals surface area contributed by atoms with Crippen LogP contribution in [0.25, 0.3) is 0 Å². The molecule has 0 saturated carbocycles. The van der Waals surface area contributed by atoms with Gasteiger partial charge in [-0.15, -0.1) is 0 Å². The van der Waals surface area contributed by atoms with E-state index in [1.54, 1.807) is 19.1 Å². The number of esters is 1. The molecule has 0 unspecified atom stereocenters. The molecule has 0 spiro atoms. The highest BCUT2D eigenvalue weighted by molar-refractivity contribution is 5.95. The Hall–Kier alpha value is -2.89. The monoisotopic (exact) mass is 381 g/mol. The van der Waals surface area contributed by atoms with Crippen LogP contribution in [0.4, 0.5) is 15.9 Å². The molecule has 0 amide bonds. The summed E-state index contributed by atoms with van der Waals surface area (Å²) in [5.74, 6) is -0.494. The number of nitrogens with zero attached hydrogens (tertiary/aromatic N) is 1. The molecule has 2 aliphatic rings. The van der Waals surface area contributed by atoms with Crippen molar-refractivity contribution in [3.8, 4) is 0 Å². The number of carbonyl (C=O) groups excluding carboxylic acids is 1. The Kier molecular flexibility index (Phi) is 4.79. The maximum absolute atomic E-state index is 13.6. The van der Waals surface area contributed by atoms with E-state index >= 15 is 0 Å². The molecule has 1 aliphatic heterocycles. The fourth-order valence-electron chi connectivity index (χ4n) is 4.25. The summed E-state index contributed by atoms with van der Waals surface area (Å²) in [7, 11) is 0.